The first-order valence-corrected chi connectivity index (χ1v) is 6.89. The van der Waals surface area contributed by atoms with Gasteiger partial charge in [-0.05, 0) is 35.4 Å². The van der Waals surface area contributed by atoms with E-state index in [0.717, 1.165) is 22.9 Å². The van der Waals surface area contributed by atoms with Crippen molar-refractivity contribution < 1.29 is 0 Å². The van der Waals surface area contributed by atoms with E-state index in [2.05, 4.69) is 35.5 Å². The summed E-state index contributed by atoms with van der Waals surface area (Å²) in [5.74, 6) is 1.48. The highest BCUT2D eigenvalue weighted by atomic mass is 32.1. The van der Waals surface area contributed by atoms with Gasteiger partial charge >= 0.3 is 0 Å². The molecule has 0 aliphatic carbocycles. The zero-order valence-corrected chi connectivity index (χ0v) is 11.6. The second kappa shape index (κ2) is 6.61. The highest BCUT2D eigenvalue weighted by Crippen LogP contribution is 2.19. The van der Waals surface area contributed by atoms with Gasteiger partial charge in [0.05, 0.1) is 11.4 Å². The molecule has 0 aliphatic rings. The number of hydrogen-bond donors (Lipinski definition) is 2. The highest BCUT2D eigenvalue weighted by molar-refractivity contribution is 7.79. The van der Waals surface area contributed by atoms with Gasteiger partial charge in [0.25, 0.3) is 0 Å². The van der Waals surface area contributed by atoms with Crippen molar-refractivity contribution in [3.63, 3.8) is 0 Å². The molecule has 0 fully saturated rings. The fourth-order valence-corrected chi connectivity index (χ4v) is 1.87. The van der Waals surface area contributed by atoms with Crippen molar-refractivity contribution in [3.8, 4) is 0 Å². The van der Waals surface area contributed by atoms with Gasteiger partial charge in [0, 0.05) is 11.5 Å². The SMILES string of the molecule is SCc1ccc(N=Nc2ccc(CS)cc2)cc1. The van der Waals surface area contributed by atoms with E-state index in [-0.39, 0.29) is 0 Å². The van der Waals surface area contributed by atoms with E-state index >= 15 is 0 Å². The van der Waals surface area contributed by atoms with Crippen molar-refractivity contribution in [3.05, 3.63) is 59.7 Å². The lowest BCUT2D eigenvalue weighted by molar-refractivity contribution is 1.22. The minimum Gasteiger partial charge on any atom is -0.175 e. The van der Waals surface area contributed by atoms with Crippen LogP contribution in [-0.2, 0) is 11.5 Å². The monoisotopic (exact) mass is 274 g/mol. The van der Waals surface area contributed by atoms with Crippen molar-refractivity contribution in [2.45, 2.75) is 11.5 Å². The summed E-state index contributed by atoms with van der Waals surface area (Å²) in [6.45, 7) is 0. The summed E-state index contributed by atoms with van der Waals surface area (Å²) in [6.07, 6.45) is 0. The van der Waals surface area contributed by atoms with Crippen LogP contribution >= 0.6 is 25.3 Å². The molecule has 0 aromatic heterocycles. The molecule has 0 bridgehead atoms. The molecule has 4 heteroatoms. The maximum Gasteiger partial charge on any atom is 0.0857 e. The minimum atomic E-state index is 0.739. The van der Waals surface area contributed by atoms with Crippen LogP contribution < -0.4 is 0 Å². The summed E-state index contributed by atoms with van der Waals surface area (Å²) >= 11 is 8.42. The summed E-state index contributed by atoms with van der Waals surface area (Å²) in [5.41, 5.74) is 4.04. The van der Waals surface area contributed by atoms with Gasteiger partial charge < -0.3 is 0 Å². The Morgan fingerprint density at radius 1 is 0.611 bits per heavy atom. The maximum absolute atomic E-state index is 4.21. The number of nitrogens with zero attached hydrogens (tertiary/aromatic N) is 2. The lowest BCUT2D eigenvalue weighted by atomic mass is 10.2. The normalized spacial score (nSPS) is 11.0. The molecule has 18 heavy (non-hydrogen) atoms. The number of azo groups is 1. The molecular formula is C14H14N2S2. The second-order valence-corrected chi connectivity index (χ2v) is 4.48. The van der Waals surface area contributed by atoms with E-state index in [1.165, 1.54) is 11.1 Å². The van der Waals surface area contributed by atoms with Gasteiger partial charge in [0.15, 0.2) is 0 Å². The van der Waals surface area contributed by atoms with Gasteiger partial charge in [0.2, 0.25) is 0 Å². The molecule has 2 rings (SSSR count). The molecule has 2 aromatic carbocycles. The topological polar surface area (TPSA) is 24.7 Å². The first kappa shape index (κ1) is 13.2. The van der Waals surface area contributed by atoms with Gasteiger partial charge in [-0.25, -0.2) is 0 Å². The van der Waals surface area contributed by atoms with Crippen LogP contribution in [0.15, 0.2) is 58.8 Å². The molecule has 0 atom stereocenters. The Kier molecular flexibility index (Phi) is 4.84. The molecule has 2 nitrogen and oxygen atoms in total. The predicted octanol–water partition coefficient (Wildman–Crippen LogP) is 4.96. The van der Waals surface area contributed by atoms with Gasteiger partial charge in [-0.2, -0.15) is 35.5 Å². The molecule has 0 amide bonds. The van der Waals surface area contributed by atoms with Crippen LogP contribution in [-0.4, -0.2) is 0 Å². The van der Waals surface area contributed by atoms with Crippen LogP contribution in [0.1, 0.15) is 11.1 Å². The number of thiol groups is 2. The lowest BCUT2D eigenvalue weighted by Gasteiger charge is -1.97. The van der Waals surface area contributed by atoms with Crippen LogP contribution in [0.5, 0.6) is 0 Å². The first-order chi connectivity index (χ1) is 8.81. The molecule has 0 N–H and O–H groups in total. The zero-order chi connectivity index (χ0) is 12.8. The third-order valence-electron chi connectivity index (χ3n) is 2.52. The summed E-state index contributed by atoms with van der Waals surface area (Å²) in [6, 6.07) is 15.8. The Balaban J connectivity index is 2.08. The lowest BCUT2D eigenvalue weighted by Crippen LogP contribution is -1.75. The summed E-state index contributed by atoms with van der Waals surface area (Å²) in [7, 11) is 0. The third kappa shape index (κ3) is 3.62. The largest absolute Gasteiger partial charge is 0.175 e. The Bertz CT molecular complexity index is 469. The number of hydrogen-bond acceptors (Lipinski definition) is 4. The van der Waals surface area contributed by atoms with E-state index in [0.29, 0.717) is 0 Å². The third-order valence-corrected chi connectivity index (χ3v) is 3.25. The number of rotatable bonds is 4. The Morgan fingerprint density at radius 2 is 0.944 bits per heavy atom. The molecule has 0 saturated carbocycles. The standard InChI is InChI=1S/C14H14N2S2/c17-9-11-1-5-13(6-2-11)15-16-14-7-3-12(10-18)4-8-14/h1-8,17-18H,9-10H2. The van der Waals surface area contributed by atoms with Gasteiger partial charge in [-0.3, -0.25) is 0 Å². The fraction of sp³-hybridized carbons (Fsp3) is 0.143. The Labute approximate surface area is 118 Å². The zero-order valence-electron chi connectivity index (χ0n) is 9.82. The van der Waals surface area contributed by atoms with Gasteiger partial charge in [-0.15, -0.1) is 0 Å². The molecule has 0 saturated heterocycles. The highest BCUT2D eigenvalue weighted by Gasteiger charge is 1.93. The maximum atomic E-state index is 4.21. The Hall–Kier alpha value is -1.26. The van der Waals surface area contributed by atoms with E-state index in [1.54, 1.807) is 0 Å². The quantitative estimate of drug-likeness (QED) is 0.582. The number of benzene rings is 2. The van der Waals surface area contributed by atoms with Gasteiger partial charge in [0.1, 0.15) is 0 Å². The predicted molar refractivity (Wildman–Crippen MR) is 82.4 cm³/mol. The van der Waals surface area contributed by atoms with Crippen molar-refractivity contribution in [1.82, 2.24) is 0 Å². The molecule has 0 aliphatic heterocycles. The van der Waals surface area contributed by atoms with Crippen molar-refractivity contribution in [2.24, 2.45) is 10.2 Å². The minimum absolute atomic E-state index is 0.739. The van der Waals surface area contributed by atoms with Crippen molar-refractivity contribution in [2.75, 3.05) is 0 Å². The van der Waals surface area contributed by atoms with Gasteiger partial charge in [-0.1, -0.05) is 24.3 Å². The molecule has 0 unspecified atom stereocenters. The van der Waals surface area contributed by atoms with E-state index in [9.17, 15) is 0 Å². The van der Waals surface area contributed by atoms with Crippen molar-refractivity contribution >= 4 is 36.6 Å². The summed E-state index contributed by atoms with van der Waals surface area (Å²) in [4.78, 5) is 0. The van der Waals surface area contributed by atoms with Crippen molar-refractivity contribution in [1.29, 1.82) is 0 Å². The molecule has 0 heterocycles. The summed E-state index contributed by atoms with van der Waals surface area (Å²) < 4.78 is 0. The molecule has 0 spiro atoms. The van der Waals surface area contributed by atoms with E-state index < -0.39 is 0 Å². The molecular weight excluding hydrogens is 260 g/mol. The summed E-state index contributed by atoms with van der Waals surface area (Å²) in [5, 5.41) is 8.38. The molecule has 2 aromatic rings. The average molecular weight is 274 g/mol. The van der Waals surface area contributed by atoms with Crippen LogP contribution in [0.2, 0.25) is 0 Å². The van der Waals surface area contributed by atoms with E-state index in [1.807, 2.05) is 48.5 Å². The van der Waals surface area contributed by atoms with Crippen LogP contribution in [0.3, 0.4) is 0 Å². The van der Waals surface area contributed by atoms with Crippen LogP contribution in [0, 0.1) is 0 Å². The second-order valence-electron chi connectivity index (χ2n) is 3.85. The first-order valence-electron chi connectivity index (χ1n) is 5.63. The molecule has 92 valence electrons. The van der Waals surface area contributed by atoms with E-state index in [4.69, 9.17) is 0 Å². The van der Waals surface area contributed by atoms with Crippen LogP contribution in [0.25, 0.3) is 0 Å². The Morgan fingerprint density at radius 3 is 1.22 bits per heavy atom. The molecule has 0 radical (unpaired) electrons. The fourth-order valence-electron chi connectivity index (χ4n) is 1.45. The average Bonchev–Trinajstić information content (AvgIpc) is 2.46. The smallest absolute Gasteiger partial charge is 0.0857 e. The van der Waals surface area contributed by atoms with Crippen LogP contribution in [0.4, 0.5) is 11.4 Å².